The number of benzene rings is 2. The fourth-order valence-corrected chi connectivity index (χ4v) is 4.28. The van der Waals surface area contributed by atoms with Crippen molar-refractivity contribution in [1.29, 1.82) is 0 Å². The second-order valence-corrected chi connectivity index (χ2v) is 8.35. The number of hydrogen-bond acceptors (Lipinski definition) is 4. The molecule has 4 rings (SSSR count). The van der Waals surface area contributed by atoms with Gasteiger partial charge in [-0.1, -0.05) is 29.8 Å². The van der Waals surface area contributed by atoms with E-state index in [4.69, 9.17) is 11.6 Å². The third kappa shape index (κ3) is 4.45. The number of carbonyl (C=O) groups is 2. The molecule has 0 saturated carbocycles. The number of likely N-dealkylation sites (N-methyl/N-ethyl adjacent to an activating group) is 1. The Bertz CT molecular complexity index is 941. The van der Waals surface area contributed by atoms with Crippen molar-refractivity contribution in [3.8, 4) is 0 Å². The Morgan fingerprint density at radius 3 is 2.53 bits per heavy atom. The molecule has 0 spiro atoms. The van der Waals surface area contributed by atoms with Crippen LogP contribution in [0.25, 0.3) is 0 Å². The first kappa shape index (κ1) is 20.7. The van der Waals surface area contributed by atoms with E-state index in [1.807, 2.05) is 12.1 Å². The number of halogens is 1. The molecule has 0 radical (unpaired) electrons. The molecule has 6 nitrogen and oxygen atoms in total. The summed E-state index contributed by atoms with van der Waals surface area (Å²) in [6.07, 6.45) is 1.30. The van der Waals surface area contributed by atoms with Gasteiger partial charge in [0.25, 0.3) is 5.91 Å². The molecule has 0 aromatic heterocycles. The Morgan fingerprint density at radius 2 is 1.80 bits per heavy atom. The van der Waals surface area contributed by atoms with Gasteiger partial charge < -0.3 is 20.0 Å². The topological polar surface area (TPSA) is 55.9 Å². The van der Waals surface area contributed by atoms with Gasteiger partial charge in [-0.3, -0.25) is 9.59 Å². The first-order valence-corrected chi connectivity index (χ1v) is 10.8. The number of nitrogens with zero attached hydrogens (tertiary/aromatic N) is 3. The molecule has 2 fully saturated rings. The number of anilines is 2. The standard InChI is InChI=1S/C23H27ClN4O2/c1-26-11-13-27(14-12-26)20-6-3-2-5-17(20)16-25-23(30)19-9-8-18(24)15-21(19)28-10-4-7-22(28)29/h2-3,5-6,8-9,15H,4,7,10-14,16H2,1H3,(H,25,30). The van der Waals surface area contributed by atoms with Gasteiger partial charge in [-0.15, -0.1) is 0 Å². The zero-order chi connectivity index (χ0) is 21.1. The van der Waals surface area contributed by atoms with Gasteiger partial charge in [0.1, 0.15) is 0 Å². The van der Waals surface area contributed by atoms with Crippen molar-refractivity contribution < 1.29 is 9.59 Å². The fraction of sp³-hybridized carbons (Fsp3) is 0.391. The van der Waals surface area contributed by atoms with Crippen molar-refractivity contribution in [1.82, 2.24) is 10.2 Å². The van der Waals surface area contributed by atoms with Crippen LogP contribution in [0.1, 0.15) is 28.8 Å². The quantitative estimate of drug-likeness (QED) is 0.798. The minimum atomic E-state index is -0.199. The third-order valence-corrected chi connectivity index (χ3v) is 6.08. The molecular weight excluding hydrogens is 400 g/mol. The average Bonchev–Trinajstić information content (AvgIpc) is 3.18. The molecule has 1 N–H and O–H groups in total. The van der Waals surface area contributed by atoms with Crippen molar-refractivity contribution in [3.05, 3.63) is 58.6 Å². The molecule has 0 unspecified atom stereocenters. The Balaban J connectivity index is 1.51. The third-order valence-electron chi connectivity index (χ3n) is 5.84. The van der Waals surface area contributed by atoms with Gasteiger partial charge in [-0.05, 0) is 43.3 Å². The van der Waals surface area contributed by atoms with Crippen molar-refractivity contribution in [2.75, 3.05) is 49.6 Å². The van der Waals surface area contributed by atoms with Crippen molar-refractivity contribution in [3.63, 3.8) is 0 Å². The number of amides is 2. The highest BCUT2D eigenvalue weighted by atomic mass is 35.5. The number of hydrogen-bond donors (Lipinski definition) is 1. The zero-order valence-electron chi connectivity index (χ0n) is 17.2. The van der Waals surface area contributed by atoms with E-state index in [-0.39, 0.29) is 11.8 Å². The number of carbonyl (C=O) groups excluding carboxylic acids is 2. The first-order chi connectivity index (χ1) is 14.5. The lowest BCUT2D eigenvalue weighted by Crippen LogP contribution is -2.45. The van der Waals surface area contributed by atoms with Crippen molar-refractivity contribution in [2.45, 2.75) is 19.4 Å². The SMILES string of the molecule is CN1CCN(c2ccccc2CNC(=O)c2ccc(Cl)cc2N2CCCC2=O)CC1. The molecule has 2 aromatic rings. The second kappa shape index (κ2) is 9.06. The summed E-state index contributed by atoms with van der Waals surface area (Å²) < 4.78 is 0. The first-order valence-electron chi connectivity index (χ1n) is 10.4. The number of para-hydroxylation sites is 1. The van der Waals surface area contributed by atoms with E-state index in [1.165, 1.54) is 0 Å². The van der Waals surface area contributed by atoms with Crippen LogP contribution in [0, 0.1) is 0 Å². The molecular formula is C23H27ClN4O2. The normalized spacial score (nSPS) is 17.5. The molecule has 0 bridgehead atoms. The van der Waals surface area contributed by atoms with Crippen LogP contribution in [0.3, 0.4) is 0 Å². The highest BCUT2D eigenvalue weighted by molar-refractivity contribution is 6.31. The van der Waals surface area contributed by atoms with Gasteiger partial charge in [0.05, 0.1) is 11.3 Å². The van der Waals surface area contributed by atoms with Crippen LogP contribution in [0.5, 0.6) is 0 Å². The lowest BCUT2D eigenvalue weighted by Gasteiger charge is -2.35. The van der Waals surface area contributed by atoms with Crippen LogP contribution in [-0.2, 0) is 11.3 Å². The molecule has 0 aliphatic carbocycles. The van der Waals surface area contributed by atoms with E-state index in [1.54, 1.807) is 23.1 Å². The summed E-state index contributed by atoms with van der Waals surface area (Å²) in [7, 11) is 2.14. The summed E-state index contributed by atoms with van der Waals surface area (Å²) in [5.74, 6) is -0.165. The summed E-state index contributed by atoms with van der Waals surface area (Å²) >= 11 is 6.16. The summed E-state index contributed by atoms with van der Waals surface area (Å²) in [4.78, 5) is 31.6. The molecule has 2 amide bonds. The van der Waals surface area contributed by atoms with E-state index in [0.29, 0.717) is 35.8 Å². The molecule has 2 heterocycles. The van der Waals surface area contributed by atoms with Crippen LogP contribution in [0.4, 0.5) is 11.4 Å². The van der Waals surface area contributed by atoms with Crippen molar-refractivity contribution in [2.24, 2.45) is 0 Å². The minimum Gasteiger partial charge on any atom is -0.369 e. The molecule has 7 heteroatoms. The maximum absolute atomic E-state index is 13.0. The summed E-state index contributed by atoms with van der Waals surface area (Å²) in [6.45, 7) is 5.04. The fourth-order valence-electron chi connectivity index (χ4n) is 4.11. The van der Waals surface area contributed by atoms with E-state index in [9.17, 15) is 9.59 Å². The number of rotatable bonds is 5. The van der Waals surface area contributed by atoms with Gasteiger partial charge >= 0.3 is 0 Å². The molecule has 2 aromatic carbocycles. The van der Waals surface area contributed by atoms with E-state index < -0.39 is 0 Å². The summed E-state index contributed by atoms with van der Waals surface area (Å²) in [5, 5.41) is 3.56. The Morgan fingerprint density at radius 1 is 1.03 bits per heavy atom. The van der Waals surface area contributed by atoms with Crippen LogP contribution in [-0.4, -0.2) is 56.5 Å². The zero-order valence-corrected chi connectivity index (χ0v) is 18.0. The Labute approximate surface area is 182 Å². The van der Waals surface area contributed by atoms with E-state index >= 15 is 0 Å². The van der Waals surface area contributed by atoms with Crippen molar-refractivity contribution >= 4 is 34.8 Å². The average molecular weight is 427 g/mol. The number of piperazine rings is 1. The van der Waals surface area contributed by atoms with Gasteiger partial charge in [0, 0.05) is 56.4 Å². The van der Waals surface area contributed by atoms with Gasteiger partial charge in [0.15, 0.2) is 0 Å². The monoisotopic (exact) mass is 426 g/mol. The largest absolute Gasteiger partial charge is 0.369 e. The summed E-state index contributed by atoms with van der Waals surface area (Å²) in [5.41, 5.74) is 3.32. The smallest absolute Gasteiger partial charge is 0.253 e. The predicted molar refractivity (Wildman–Crippen MR) is 120 cm³/mol. The number of nitrogens with one attached hydrogen (secondary N) is 1. The lowest BCUT2D eigenvalue weighted by atomic mass is 10.1. The highest BCUT2D eigenvalue weighted by Gasteiger charge is 2.26. The summed E-state index contributed by atoms with van der Waals surface area (Å²) in [6, 6.07) is 13.3. The maximum atomic E-state index is 13.0. The molecule has 2 saturated heterocycles. The van der Waals surface area contributed by atoms with Gasteiger partial charge in [0.2, 0.25) is 5.91 Å². The lowest BCUT2D eigenvalue weighted by molar-refractivity contribution is -0.117. The predicted octanol–water partition coefficient (Wildman–Crippen LogP) is 3.15. The molecule has 0 atom stereocenters. The van der Waals surface area contributed by atoms with Crippen LogP contribution in [0.15, 0.2) is 42.5 Å². The maximum Gasteiger partial charge on any atom is 0.253 e. The molecule has 158 valence electrons. The highest BCUT2D eigenvalue weighted by Crippen LogP contribution is 2.29. The second-order valence-electron chi connectivity index (χ2n) is 7.91. The molecule has 2 aliphatic heterocycles. The molecule has 2 aliphatic rings. The van der Waals surface area contributed by atoms with E-state index in [0.717, 1.165) is 43.9 Å². The molecule has 30 heavy (non-hydrogen) atoms. The van der Waals surface area contributed by atoms with E-state index in [2.05, 4.69) is 34.3 Å². The van der Waals surface area contributed by atoms with Gasteiger partial charge in [-0.2, -0.15) is 0 Å². The van der Waals surface area contributed by atoms with Crippen LogP contribution in [0.2, 0.25) is 5.02 Å². The van der Waals surface area contributed by atoms with Crippen LogP contribution < -0.4 is 15.1 Å². The van der Waals surface area contributed by atoms with Crippen LogP contribution >= 0.6 is 11.6 Å². The van der Waals surface area contributed by atoms with Gasteiger partial charge in [-0.25, -0.2) is 0 Å². The Kier molecular flexibility index (Phi) is 6.25. The Hall–Kier alpha value is -2.57. The minimum absolute atomic E-state index is 0.0340.